The first-order valence-electron chi connectivity index (χ1n) is 6.95. The molecule has 4 nitrogen and oxygen atoms in total. The lowest BCUT2D eigenvalue weighted by molar-refractivity contribution is -0.385. The van der Waals surface area contributed by atoms with Crippen molar-refractivity contribution >= 4 is 21.6 Å². The molecule has 1 aromatic carbocycles. The average molecular weight is 343 g/mol. The lowest BCUT2D eigenvalue weighted by atomic mass is 10.1. The van der Waals surface area contributed by atoms with Crippen LogP contribution in [0.1, 0.15) is 33.3 Å². The van der Waals surface area contributed by atoms with Crippen molar-refractivity contribution < 1.29 is 4.92 Å². The third-order valence-corrected chi connectivity index (χ3v) is 3.81. The van der Waals surface area contributed by atoms with Gasteiger partial charge in [0, 0.05) is 25.7 Å². The van der Waals surface area contributed by atoms with E-state index in [1.54, 1.807) is 6.07 Å². The first-order chi connectivity index (χ1) is 9.31. The third kappa shape index (κ3) is 5.21. The van der Waals surface area contributed by atoms with Crippen molar-refractivity contribution in [3.05, 3.63) is 38.3 Å². The van der Waals surface area contributed by atoms with E-state index in [-0.39, 0.29) is 10.6 Å². The van der Waals surface area contributed by atoms with Crippen molar-refractivity contribution in [2.45, 2.75) is 34.2 Å². The molecule has 0 saturated heterocycles. The molecule has 0 N–H and O–H groups in total. The summed E-state index contributed by atoms with van der Waals surface area (Å²) in [5.74, 6) is 1.15. The van der Waals surface area contributed by atoms with Gasteiger partial charge in [-0.25, -0.2) is 0 Å². The lowest BCUT2D eigenvalue weighted by Gasteiger charge is -2.26. The van der Waals surface area contributed by atoms with Gasteiger partial charge in [0.15, 0.2) is 0 Å². The predicted molar refractivity (Wildman–Crippen MR) is 85.7 cm³/mol. The minimum atomic E-state index is -0.344. The molecule has 0 heterocycles. The van der Waals surface area contributed by atoms with Crippen molar-refractivity contribution in [3.63, 3.8) is 0 Å². The van der Waals surface area contributed by atoms with Crippen molar-refractivity contribution in [3.8, 4) is 0 Å². The van der Waals surface area contributed by atoms with E-state index in [2.05, 4.69) is 48.5 Å². The van der Waals surface area contributed by atoms with Gasteiger partial charge in [-0.3, -0.25) is 15.0 Å². The highest BCUT2D eigenvalue weighted by atomic mass is 79.9. The van der Waals surface area contributed by atoms with Crippen LogP contribution in [0.5, 0.6) is 0 Å². The molecule has 0 atom stereocenters. The number of benzene rings is 1. The fourth-order valence-electron chi connectivity index (χ4n) is 2.31. The van der Waals surface area contributed by atoms with Crippen LogP contribution in [0.2, 0.25) is 0 Å². The summed E-state index contributed by atoms with van der Waals surface area (Å²) in [5, 5.41) is 11.0. The van der Waals surface area contributed by atoms with Gasteiger partial charge in [0.05, 0.1) is 9.40 Å². The van der Waals surface area contributed by atoms with Gasteiger partial charge in [-0.2, -0.15) is 0 Å². The molecule has 1 rings (SSSR count). The smallest absolute Gasteiger partial charge is 0.283 e. The third-order valence-electron chi connectivity index (χ3n) is 2.90. The quantitative estimate of drug-likeness (QED) is 0.542. The minimum absolute atomic E-state index is 0.136. The summed E-state index contributed by atoms with van der Waals surface area (Å²) in [6.07, 6.45) is 0. The second kappa shape index (κ2) is 7.74. The summed E-state index contributed by atoms with van der Waals surface area (Å²) in [7, 11) is 0. The fourth-order valence-corrected chi connectivity index (χ4v) is 2.84. The standard InChI is InChI=1S/C15H23BrN2O2/c1-11(2)8-17(9-12(3)4)10-13-6-5-7-14(15(13)16)18(19)20/h5-7,11-12H,8-10H2,1-4H3. The van der Waals surface area contributed by atoms with Crippen molar-refractivity contribution in [2.75, 3.05) is 13.1 Å². The zero-order valence-electron chi connectivity index (χ0n) is 12.6. The van der Waals surface area contributed by atoms with Crippen LogP contribution in [-0.2, 0) is 6.54 Å². The van der Waals surface area contributed by atoms with Crippen LogP contribution in [0.4, 0.5) is 5.69 Å². The van der Waals surface area contributed by atoms with Crippen molar-refractivity contribution in [1.82, 2.24) is 4.90 Å². The molecule has 0 fully saturated rings. The van der Waals surface area contributed by atoms with E-state index in [0.717, 1.165) is 25.2 Å². The Morgan fingerprint density at radius 3 is 2.20 bits per heavy atom. The van der Waals surface area contributed by atoms with E-state index in [4.69, 9.17) is 0 Å². The molecule has 0 bridgehead atoms. The summed E-state index contributed by atoms with van der Waals surface area (Å²) in [4.78, 5) is 13.0. The summed E-state index contributed by atoms with van der Waals surface area (Å²) in [5.41, 5.74) is 1.11. The molecule has 112 valence electrons. The molecule has 0 radical (unpaired) electrons. The van der Waals surface area contributed by atoms with E-state index in [1.165, 1.54) is 6.07 Å². The summed E-state index contributed by atoms with van der Waals surface area (Å²) >= 11 is 3.37. The molecule has 0 amide bonds. The maximum atomic E-state index is 11.0. The molecule has 0 unspecified atom stereocenters. The molecule has 0 spiro atoms. The van der Waals surface area contributed by atoms with E-state index in [0.29, 0.717) is 16.3 Å². The Labute approximate surface area is 129 Å². The van der Waals surface area contributed by atoms with Crippen LogP contribution < -0.4 is 0 Å². The van der Waals surface area contributed by atoms with Crippen molar-refractivity contribution in [1.29, 1.82) is 0 Å². The lowest BCUT2D eigenvalue weighted by Crippen LogP contribution is -2.31. The van der Waals surface area contributed by atoms with Gasteiger partial charge in [0.1, 0.15) is 0 Å². The van der Waals surface area contributed by atoms with E-state index in [1.807, 2.05) is 6.07 Å². The molecule has 1 aromatic rings. The number of nitro benzene ring substituents is 1. The van der Waals surface area contributed by atoms with Gasteiger partial charge in [-0.05, 0) is 33.3 Å². The molecule has 0 saturated carbocycles. The number of halogens is 1. The minimum Gasteiger partial charge on any atom is -0.299 e. The number of rotatable bonds is 7. The highest BCUT2D eigenvalue weighted by Crippen LogP contribution is 2.29. The SMILES string of the molecule is CC(C)CN(Cc1cccc([N+](=O)[O-])c1Br)CC(C)C. The Morgan fingerprint density at radius 2 is 1.75 bits per heavy atom. The van der Waals surface area contributed by atoms with Gasteiger partial charge >= 0.3 is 0 Å². The van der Waals surface area contributed by atoms with Gasteiger partial charge in [-0.1, -0.05) is 39.8 Å². The maximum absolute atomic E-state index is 11.0. The van der Waals surface area contributed by atoms with Gasteiger partial charge in [0.25, 0.3) is 5.69 Å². The molecular weight excluding hydrogens is 320 g/mol. The number of hydrogen-bond acceptors (Lipinski definition) is 3. The Morgan fingerprint density at radius 1 is 1.20 bits per heavy atom. The molecule has 0 aliphatic rings. The summed E-state index contributed by atoms with van der Waals surface area (Å²) in [6, 6.07) is 5.23. The van der Waals surface area contributed by atoms with E-state index < -0.39 is 0 Å². The van der Waals surface area contributed by atoms with Gasteiger partial charge in [-0.15, -0.1) is 0 Å². The van der Waals surface area contributed by atoms with Crippen LogP contribution in [0.15, 0.2) is 22.7 Å². The second-order valence-electron chi connectivity index (χ2n) is 5.99. The summed E-state index contributed by atoms with van der Waals surface area (Å²) < 4.78 is 0.600. The van der Waals surface area contributed by atoms with Gasteiger partial charge < -0.3 is 0 Å². The van der Waals surface area contributed by atoms with Crippen LogP contribution >= 0.6 is 15.9 Å². The number of hydrogen-bond donors (Lipinski definition) is 0. The monoisotopic (exact) mass is 342 g/mol. The highest BCUT2D eigenvalue weighted by Gasteiger charge is 2.17. The largest absolute Gasteiger partial charge is 0.299 e. The molecule has 20 heavy (non-hydrogen) atoms. The Bertz CT molecular complexity index is 451. The normalized spacial score (nSPS) is 11.6. The van der Waals surface area contributed by atoms with Crippen LogP contribution in [0.25, 0.3) is 0 Å². The van der Waals surface area contributed by atoms with Gasteiger partial charge in [0.2, 0.25) is 0 Å². The fraction of sp³-hybridized carbons (Fsp3) is 0.600. The Kier molecular flexibility index (Phi) is 6.62. The highest BCUT2D eigenvalue weighted by molar-refractivity contribution is 9.10. The number of nitro groups is 1. The Balaban J connectivity index is 2.92. The maximum Gasteiger partial charge on any atom is 0.283 e. The van der Waals surface area contributed by atoms with E-state index in [9.17, 15) is 10.1 Å². The van der Waals surface area contributed by atoms with Crippen LogP contribution in [-0.4, -0.2) is 22.9 Å². The predicted octanol–water partition coefficient (Wildman–Crippen LogP) is 4.47. The van der Waals surface area contributed by atoms with Crippen LogP contribution in [0, 0.1) is 22.0 Å². The van der Waals surface area contributed by atoms with Crippen LogP contribution in [0.3, 0.4) is 0 Å². The first kappa shape index (κ1) is 17.1. The zero-order chi connectivity index (χ0) is 15.3. The molecular formula is C15H23BrN2O2. The average Bonchev–Trinajstić information content (AvgIpc) is 2.29. The molecule has 0 aliphatic carbocycles. The second-order valence-corrected chi connectivity index (χ2v) is 6.78. The Hall–Kier alpha value is -0.940. The van der Waals surface area contributed by atoms with Crippen molar-refractivity contribution in [2.24, 2.45) is 11.8 Å². The topological polar surface area (TPSA) is 46.4 Å². The molecule has 0 aliphatic heterocycles. The van der Waals surface area contributed by atoms with E-state index >= 15 is 0 Å². The zero-order valence-corrected chi connectivity index (χ0v) is 14.2. The number of nitrogens with zero attached hydrogens (tertiary/aromatic N) is 2. The molecule has 5 heteroatoms. The first-order valence-corrected chi connectivity index (χ1v) is 7.74. The molecule has 0 aromatic heterocycles. The summed E-state index contributed by atoms with van der Waals surface area (Å²) in [6.45, 7) is 11.5.